The van der Waals surface area contributed by atoms with Gasteiger partial charge in [0.15, 0.2) is 0 Å². The number of nitrogens with two attached hydrogens (primary N) is 1. The van der Waals surface area contributed by atoms with Gasteiger partial charge in [-0.1, -0.05) is 0 Å². The molecule has 2 rings (SSSR count). The van der Waals surface area contributed by atoms with E-state index < -0.39 is 18.1 Å². The van der Waals surface area contributed by atoms with Crippen LogP contribution in [0.15, 0.2) is 30.3 Å². The predicted octanol–water partition coefficient (Wildman–Crippen LogP) is -2.53. The summed E-state index contributed by atoms with van der Waals surface area (Å²) >= 11 is -1.56. The molecule has 0 saturated heterocycles. The molecule has 2 N–H and O–H groups in total. The Labute approximate surface area is 123 Å². The molecule has 1 aliphatic rings. The summed E-state index contributed by atoms with van der Waals surface area (Å²) in [6.07, 6.45) is 4.54. The molecule has 1 aromatic rings. The number of rotatable bonds is 1. The zero-order valence-corrected chi connectivity index (χ0v) is 13.4. The summed E-state index contributed by atoms with van der Waals surface area (Å²) < 4.78 is 7.34. The Hall–Kier alpha value is 0.214. The maximum Gasteiger partial charge on any atom is -1.00 e. The number of halogens is 2. The van der Waals surface area contributed by atoms with Crippen LogP contribution in [-0.4, -0.2) is 0 Å². The standard InChI is InChI=1S/C9H7.C4H9.2ClH.H2N.Ti/c1-2-5-9-7-3-6-8(9)4-1;1-4(2)3;;;;/h1-7H;1-3H3;2*1H;1H2;/q;;;;-1;+3/p-2. The van der Waals surface area contributed by atoms with E-state index in [1.165, 1.54) is 11.1 Å². The Morgan fingerprint density at radius 2 is 1.71 bits per heavy atom. The van der Waals surface area contributed by atoms with Gasteiger partial charge in [-0.2, -0.15) is 0 Å². The Morgan fingerprint density at radius 3 is 2.29 bits per heavy atom. The van der Waals surface area contributed by atoms with Gasteiger partial charge in [-0.15, -0.1) is 0 Å². The molecule has 0 heterocycles. The molecule has 93 valence electrons. The van der Waals surface area contributed by atoms with E-state index in [4.69, 9.17) is 4.22 Å². The Bertz CT molecular complexity index is 399. The summed E-state index contributed by atoms with van der Waals surface area (Å²) in [5.41, 5.74) is 2.81. The normalized spacial score (nSPS) is 16.8. The van der Waals surface area contributed by atoms with Gasteiger partial charge in [0.25, 0.3) is 0 Å². The Morgan fingerprint density at radius 1 is 1.12 bits per heavy atom. The SMILES string of the molecule is C[C](C)(C)[Ti+2]([NH2])[CH]1C=Cc2ccccc21.[Cl-].[Cl-]. The summed E-state index contributed by atoms with van der Waals surface area (Å²) in [6, 6.07) is 8.62. The number of allylic oxidation sites excluding steroid dienone is 1. The minimum absolute atomic E-state index is 0. The molecular formula is C13H18Cl2NTi. The molecule has 0 amide bonds. The second kappa shape index (κ2) is 6.40. The van der Waals surface area contributed by atoms with Crippen LogP contribution in [0.5, 0.6) is 0 Å². The van der Waals surface area contributed by atoms with Crippen LogP contribution in [0.2, 0.25) is 3.72 Å². The summed E-state index contributed by atoms with van der Waals surface area (Å²) in [5.74, 6) is 0. The third kappa shape index (κ3) is 3.59. The molecule has 0 bridgehead atoms. The van der Waals surface area contributed by atoms with Crippen molar-refractivity contribution in [2.75, 3.05) is 0 Å². The van der Waals surface area contributed by atoms with Gasteiger partial charge >= 0.3 is 98.6 Å². The second-order valence-electron chi connectivity index (χ2n) is 5.17. The molecule has 0 aromatic heterocycles. The molecule has 1 aromatic carbocycles. The third-order valence-electron chi connectivity index (χ3n) is 3.00. The van der Waals surface area contributed by atoms with Crippen molar-refractivity contribution in [1.29, 1.82) is 0 Å². The second-order valence-corrected chi connectivity index (χ2v) is 9.91. The number of fused-ring (bicyclic) bond motifs is 1. The van der Waals surface area contributed by atoms with E-state index in [9.17, 15) is 0 Å². The van der Waals surface area contributed by atoms with Crippen molar-refractivity contribution in [3.8, 4) is 0 Å². The van der Waals surface area contributed by atoms with Gasteiger partial charge in [-0.05, 0) is 0 Å². The minimum atomic E-state index is -1.56. The van der Waals surface area contributed by atoms with E-state index in [0.29, 0.717) is 7.94 Å². The summed E-state index contributed by atoms with van der Waals surface area (Å²) in [7, 11) is 0. The summed E-state index contributed by atoms with van der Waals surface area (Å²) in [5, 5.41) is 0. The minimum Gasteiger partial charge on any atom is -1.00 e. The first kappa shape index (κ1) is 17.2. The third-order valence-corrected chi connectivity index (χ3v) is 7.54. The average molecular weight is 307 g/mol. The molecule has 0 aliphatic heterocycles. The van der Waals surface area contributed by atoms with Gasteiger partial charge in [0.1, 0.15) is 0 Å². The zero-order valence-electron chi connectivity index (χ0n) is 10.4. The maximum absolute atomic E-state index is 6.49. The van der Waals surface area contributed by atoms with Crippen LogP contribution >= 0.6 is 0 Å². The molecule has 0 saturated carbocycles. The maximum atomic E-state index is 6.49. The topological polar surface area (TPSA) is 26.0 Å². The van der Waals surface area contributed by atoms with Crippen molar-refractivity contribution in [1.82, 2.24) is 0 Å². The fourth-order valence-electron chi connectivity index (χ4n) is 1.99. The van der Waals surface area contributed by atoms with E-state index >= 15 is 0 Å². The van der Waals surface area contributed by atoms with Crippen LogP contribution in [-0.2, 0) is 18.1 Å². The van der Waals surface area contributed by atoms with Crippen molar-refractivity contribution in [3.63, 3.8) is 0 Å². The Kier molecular flexibility index (Phi) is 6.48. The van der Waals surface area contributed by atoms with E-state index in [-0.39, 0.29) is 24.8 Å². The van der Waals surface area contributed by atoms with Gasteiger partial charge in [0.05, 0.1) is 0 Å². The molecule has 1 aliphatic carbocycles. The summed E-state index contributed by atoms with van der Waals surface area (Å²) in [4.78, 5) is 0. The van der Waals surface area contributed by atoms with Gasteiger partial charge in [-0.3, -0.25) is 0 Å². The van der Waals surface area contributed by atoms with Crippen molar-refractivity contribution in [2.45, 2.75) is 28.7 Å². The average Bonchev–Trinajstić information content (AvgIpc) is 2.58. The molecule has 1 unspecified atom stereocenters. The first-order valence-corrected chi connectivity index (χ1v) is 7.98. The molecule has 0 fully saturated rings. The van der Waals surface area contributed by atoms with Crippen LogP contribution in [0.3, 0.4) is 0 Å². The Balaban J connectivity index is 0.00000128. The van der Waals surface area contributed by atoms with Crippen LogP contribution in [0, 0.1) is 0 Å². The molecular weight excluding hydrogens is 289 g/mol. The number of hydrogen-bond acceptors (Lipinski definition) is 1. The van der Waals surface area contributed by atoms with Crippen LogP contribution in [0.4, 0.5) is 0 Å². The molecule has 4 heteroatoms. The van der Waals surface area contributed by atoms with Crippen molar-refractivity contribution in [2.24, 2.45) is 4.22 Å². The fraction of sp³-hybridized carbons (Fsp3) is 0.385. The van der Waals surface area contributed by atoms with E-state index in [1.807, 2.05) is 0 Å². The van der Waals surface area contributed by atoms with Gasteiger partial charge in [0, 0.05) is 0 Å². The largest absolute Gasteiger partial charge is 1.00 e. The fourth-order valence-corrected chi connectivity index (χ4v) is 4.85. The monoisotopic (exact) mass is 306 g/mol. The molecule has 1 nitrogen and oxygen atoms in total. The summed E-state index contributed by atoms with van der Waals surface area (Å²) in [6.45, 7) is 6.82. The molecule has 0 spiro atoms. The van der Waals surface area contributed by atoms with E-state index in [2.05, 4.69) is 57.2 Å². The molecule has 0 radical (unpaired) electrons. The quantitative estimate of drug-likeness (QED) is 0.569. The first-order valence-electron chi connectivity index (χ1n) is 5.40. The van der Waals surface area contributed by atoms with Gasteiger partial charge in [-0.25, -0.2) is 0 Å². The van der Waals surface area contributed by atoms with E-state index in [1.54, 1.807) is 0 Å². The number of hydrogen-bond donors (Lipinski definition) is 1. The van der Waals surface area contributed by atoms with Gasteiger partial charge < -0.3 is 24.8 Å². The van der Waals surface area contributed by atoms with E-state index in [0.717, 1.165) is 0 Å². The van der Waals surface area contributed by atoms with Crippen LogP contribution in [0.25, 0.3) is 6.08 Å². The zero-order chi connectivity index (χ0) is 11.1. The molecule has 1 atom stereocenters. The first-order chi connectivity index (χ1) is 7.00. The number of benzene rings is 1. The predicted molar refractivity (Wildman–Crippen MR) is 62.1 cm³/mol. The van der Waals surface area contributed by atoms with Crippen molar-refractivity contribution < 1.29 is 42.9 Å². The van der Waals surface area contributed by atoms with Crippen LogP contribution in [0.1, 0.15) is 36.1 Å². The van der Waals surface area contributed by atoms with Crippen molar-refractivity contribution in [3.05, 3.63) is 41.5 Å². The smallest absolute Gasteiger partial charge is 1.00 e. The van der Waals surface area contributed by atoms with Crippen LogP contribution < -0.4 is 29.0 Å². The van der Waals surface area contributed by atoms with Crippen molar-refractivity contribution >= 4 is 6.08 Å². The molecule has 17 heavy (non-hydrogen) atoms. The van der Waals surface area contributed by atoms with Gasteiger partial charge in [0.2, 0.25) is 0 Å².